The van der Waals surface area contributed by atoms with E-state index >= 15 is 0 Å². The smallest absolute Gasteiger partial charge is 0.221 e. The molecule has 3 aromatic rings. The zero-order chi connectivity index (χ0) is 21.6. The first-order valence-corrected chi connectivity index (χ1v) is 11.3. The fraction of sp³-hybridized carbons (Fsp3) is 0.375. The zero-order valence-corrected chi connectivity index (χ0v) is 18.7. The third-order valence-corrected chi connectivity index (χ3v) is 6.20. The Balaban J connectivity index is 1.39. The molecule has 0 radical (unpaired) electrons. The molecule has 31 heavy (non-hydrogen) atoms. The van der Waals surface area contributed by atoms with Gasteiger partial charge in [0.15, 0.2) is 10.6 Å². The molecule has 7 heteroatoms. The number of carbonyl (C=O) groups excluding carboxylic acids is 1. The molecule has 0 bridgehead atoms. The van der Waals surface area contributed by atoms with Crippen LogP contribution in [-0.4, -0.2) is 45.2 Å². The molecule has 4 rings (SSSR count). The number of carbonyl (C=O) groups is 1. The van der Waals surface area contributed by atoms with E-state index in [2.05, 4.69) is 51.6 Å². The van der Waals surface area contributed by atoms with Crippen LogP contribution in [0.3, 0.4) is 0 Å². The fourth-order valence-corrected chi connectivity index (χ4v) is 4.37. The highest BCUT2D eigenvalue weighted by atomic mass is 32.1. The molecule has 1 amide bonds. The highest BCUT2D eigenvalue weighted by Gasteiger charge is 2.23. The molecule has 162 valence electrons. The molecule has 0 aliphatic carbocycles. The lowest BCUT2D eigenvalue weighted by Gasteiger charge is -2.28. The Morgan fingerprint density at radius 3 is 2.55 bits per heavy atom. The number of aryl methyl sites for hydroxylation is 1. The van der Waals surface area contributed by atoms with Crippen LogP contribution in [0.1, 0.15) is 36.4 Å². The molecule has 1 aliphatic rings. The van der Waals surface area contributed by atoms with Crippen molar-refractivity contribution in [2.24, 2.45) is 0 Å². The van der Waals surface area contributed by atoms with Crippen LogP contribution in [0.25, 0.3) is 11.4 Å². The maximum Gasteiger partial charge on any atom is 0.221 e. The summed E-state index contributed by atoms with van der Waals surface area (Å²) in [7, 11) is 0. The molecular formula is C24H29N5OS. The van der Waals surface area contributed by atoms with E-state index in [9.17, 15) is 4.79 Å². The number of likely N-dealkylation sites (tertiary alicyclic amines) is 1. The SMILES string of the molecule is Cc1ccc(-c2n[nH]c(=S)n2CCC(=O)NCC(c2ccccc2)N2CCCC2)cc1. The van der Waals surface area contributed by atoms with Crippen molar-refractivity contribution in [3.63, 3.8) is 0 Å². The van der Waals surface area contributed by atoms with Gasteiger partial charge in [-0.3, -0.25) is 19.4 Å². The summed E-state index contributed by atoms with van der Waals surface area (Å²) < 4.78 is 2.43. The van der Waals surface area contributed by atoms with E-state index in [1.54, 1.807) is 0 Å². The summed E-state index contributed by atoms with van der Waals surface area (Å²) in [5.74, 6) is 0.787. The largest absolute Gasteiger partial charge is 0.354 e. The number of hydrogen-bond donors (Lipinski definition) is 2. The Morgan fingerprint density at radius 2 is 1.84 bits per heavy atom. The number of aromatic nitrogens is 3. The molecule has 1 atom stereocenters. The van der Waals surface area contributed by atoms with Gasteiger partial charge in [0.2, 0.25) is 5.91 Å². The Morgan fingerprint density at radius 1 is 1.13 bits per heavy atom. The summed E-state index contributed by atoms with van der Waals surface area (Å²) in [5, 5.41) is 10.4. The summed E-state index contributed by atoms with van der Waals surface area (Å²) >= 11 is 5.40. The molecule has 1 aromatic heterocycles. The lowest BCUT2D eigenvalue weighted by molar-refractivity contribution is -0.121. The number of nitrogens with zero attached hydrogens (tertiary/aromatic N) is 3. The van der Waals surface area contributed by atoms with Crippen LogP contribution in [0.2, 0.25) is 0 Å². The van der Waals surface area contributed by atoms with Crippen LogP contribution >= 0.6 is 12.2 Å². The predicted molar refractivity (Wildman–Crippen MR) is 125 cm³/mol. The van der Waals surface area contributed by atoms with E-state index in [4.69, 9.17) is 12.2 Å². The second-order valence-corrected chi connectivity index (χ2v) is 8.48. The molecule has 2 aromatic carbocycles. The van der Waals surface area contributed by atoms with Gasteiger partial charge in [-0.05, 0) is 50.6 Å². The summed E-state index contributed by atoms with van der Waals surface area (Å²) in [5.41, 5.74) is 3.43. The van der Waals surface area contributed by atoms with Gasteiger partial charge in [0, 0.05) is 25.1 Å². The maximum absolute atomic E-state index is 12.7. The van der Waals surface area contributed by atoms with Crippen molar-refractivity contribution in [2.75, 3.05) is 19.6 Å². The Kier molecular flexibility index (Phi) is 6.94. The lowest BCUT2D eigenvalue weighted by Crippen LogP contribution is -2.37. The Hall–Kier alpha value is -2.77. The van der Waals surface area contributed by atoms with Crippen LogP contribution in [0.4, 0.5) is 0 Å². The molecule has 1 unspecified atom stereocenters. The van der Waals surface area contributed by atoms with Gasteiger partial charge in [-0.1, -0.05) is 60.2 Å². The highest BCUT2D eigenvalue weighted by Crippen LogP contribution is 2.24. The van der Waals surface area contributed by atoms with Gasteiger partial charge in [0.1, 0.15) is 0 Å². The maximum atomic E-state index is 12.7. The standard InChI is InChI=1S/C24H29N5OS/c1-18-9-11-20(12-10-18)23-26-27-24(31)29(23)16-13-22(30)25-17-21(28-14-5-6-15-28)19-7-3-2-4-8-19/h2-4,7-12,21H,5-6,13-17H2,1H3,(H,25,30)(H,27,31). The van der Waals surface area contributed by atoms with Gasteiger partial charge in [-0.2, -0.15) is 5.10 Å². The number of hydrogen-bond acceptors (Lipinski definition) is 4. The van der Waals surface area contributed by atoms with Gasteiger partial charge in [-0.25, -0.2) is 0 Å². The second-order valence-electron chi connectivity index (χ2n) is 8.09. The van der Waals surface area contributed by atoms with E-state index in [0.29, 0.717) is 24.3 Å². The normalized spacial score (nSPS) is 15.1. The van der Waals surface area contributed by atoms with Gasteiger partial charge >= 0.3 is 0 Å². The zero-order valence-electron chi connectivity index (χ0n) is 17.9. The van der Waals surface area contributed by atoms with E-state index in [0.717, 1.165) is 24.5 Å². The summed E-state index contributed by atoms with van der Waals surface area (Å²) in [6, 6.07) is 18.8. The second kappa shape index (κ2) is 10.0. The first-order valence-electron chi connectivity index (χ1n) is 10.9. The minimum atomic E-state index is 0.0260. The van der Waals surface area contributed by atoms with Crippen molar-refractivity contribution < 1.29 is 4.79 Å². The number of benzene rings is 2. The number of nitrogens with one attached hydrogen (secondary N) is 2. The molecule has 2 N–H and O–H groups in total. The van der Waals surface area contributed by atoms with E-state index in [-0.39, 0.29) is 11.9 Å². The summed E-state index contributed by atoms with van der Waals surface area (Å²) in [6.45, 7) is 5.32. The summed E-state index contributed by atoms with van der Waals surface area (Å²) in [6.07, 6.45) is 2.80. The minimum absolute atomic E-state index is 0.0260. The first kappa shape index (κ1) is 21.5. The number of H-pyrrole nitrogens is 1. The van der Waals surface area contributed by atoms with Gasteiger partial charge < -0.3 is 5.32 Å². The third-order valence-electron chi connectivity index (χ3n) is 5.89. The number of amides is 1. The molecule has 2 heterocycles. The highest BCUT2D eigenvalue weighted by molar-refractivity contribution is 7.71. The Bertz CT molecular complexity index is 1050. The summed E-state index contributed by atoms with van der Waals surface area (Å²) in [4.78, 5) is 15.2. The van der Waals surface area contributed by atoms with Gasteiger partial charge in [0.05, 0.1) is 6.04 Å². The molecule has 0 saturated carbocycles. The first-order chi connectivity index (χ1) is 15.1. The number of aromatic amines is 1. The lowest BCUT2D eigenvalue weighted by atomic mass is 10.1. The van der Waals surface area contributed by atoms with Crippen LogP contribution < -0.4 is 5.32 Å². The quantitative estimate of drug-likeness (QED) is 0.519. The predicted octanol–water partition coefficient (Wildman–Crippen LogP) is 4.26. The molecule has 0 spiro atoms. The average molecular weight is 436 g/mol. The fourth-order valence-electron chi connectivity index (χ4n) is 4.15. The molecule has 1 aliphatic heterocycles. The van der Waals surface area contributed by atoms with E-state index in [1.807, 2.05) is 34.9 Å². The van der Waals surface area contributed by atoms with Crippen molar-refractivity contribution in [1.29, 1.82) is 0 Å². The molecular weight excluding hydrogens is 406 g/mol. The van der Waals surface area contributed by atoms with Crippen LogP contribution in [0.15, 0.2) is 54.6 Å². The monoisotopic (exact) mass is 435 g/mol. The van der Waals surface area contributed by atoms with E-state index < -0.39 is 0 Å². The molecule has 1 fully saturated rings. The van der Waals surface area contributed by atoms with Gasteiger partial charge in [0.25, 0.3) is 0 Å². The molecule has 1 saturated heterocycles. The van der Waals surface area contributed by atoms with Gasteiger partial charge in [-0.15, -0.1) is 0 Å². The van der Waals surface area contributed by atoms with E-state index in [1.165, 1.54) is 24.0 Å². The van der Waals surface area contributed by atoms with Crippen molar-refractivity contribution >= 4 is 18.1 Å². The Labute approximate surface area is 188 Å². The van der Waals surface area contributed by atoms with Crippen LogP contribution in [0, 0.1) is 11.7 Å². The minimum Gasteiger partial charge on any atom is -0.354 e. The van der Waals surface area contributed by atoms with Crippen molar-refractivity contribution in [1.82, 2.24) is 25.0 Å². The number of rotatable bonds is 8. The third kappa shape index (κ3) is 5.29. The molecule has 6 nitrogen and oxygen atoms in total. The van der Waals surface area contributed by atoms with Crippen LogP contribution in [-0.2, 0) is 11.3 Å². The average Bonchev–Trinajstić information content (AvgIpc) is 3.44. The van der Waals surface area contributed by atoms with Crippen molar-refractivity contribution in [2.45, 2.75) is 38.8 Å². The van der Waals surface area contributed by atoms with Crippen molar-refractivity contribution in [3.8, 4) is 11.4 Å². The topological polar surface area (TPSA) is 66.0 Å². The van der Waals surface area contributed by atoms with Crippen LogP contribution in [0.5, 0.6) is 0 Å². The van der Waals surface area contributed by atoms with Crippen molar-refractivity contribution in [3.05, 3.63) is 70.5 Å².